The van der Waals surface area contributed by atoms with Crippen LogP contribution in [0, 0.1) is 0 Å². The fourth-order valence-corrected chi connectivity index (χ4v) is 2.06. The smallest absolute Gasteiger partial charge is 0.321 e. The summed E-state index contributed by atoms with van der Waals surface area (Å²) in [5, 5.41) is 8.43. The molecule has 0 unspecified atom stereocenters. The van der Waals surface area contributed by atoms with Gasteiger partial charge >= 0.3 is 5.97 Å². The van der Waals surface area contributed by atoms with Gasteiger partial charge < -0.3 is 5.11 Å². The van der Waals surface area contributed by atoms with E-state index in [1.165, 1.54) is 6.92 Å². The molecule has 5 nitrogen and oxygen atoms in total. The van der Waals surface area contributed by atoms with Crippen molar-refractivity contribution in [2.75, 3.05) is 5.75 Å². The Labute approximate surface area is 77.5 Å². The fourth-order valence-electron chi connectivity index (χ4n) is 0.686. The predicted octanol–water partition coefficient (Wildman–Crippen LogP) is -0.0450. The fraction of sp³-hybridized carbons (Fsp3) is 0.571. The van der Waals surface area contributed by atoms with Gasteiger partial charge in [0.05, 0.1) is 5.75 Å². The number of hydrogen-bond donors (Lipinski definition) is 2. The second-order valence-corrected chi connectivity index (χ2v) is 4.65. The molecule has 0 fully saturated rings. The van der Waals surface area contributed by atoms with Gasteiger partial charge in [0, 0.05) is 0 Å². The lowest BCUT2D eigenvalue weighted by atomic mass is 10.4. The Bertz CT molecular complexity index is 306. The van der Waals surface area contributed by atoms with Crippen molar-refractivity contribution < 1.29 is 18.3 Å². The molecule has 0 aromatic heterocycles. The lowest BCUT2D eigenvalue weighted by Crippen LogP contribution is -2.39. The van der Waals surface area contributed by atoms with Gasteiger partial charge in [-0.1, -0.05) is 12.2 Å². The van der Waals surface area contributed by atoms with Crippen LogP contribution in [-0.4, -0.2) is 31.3 Å². The number of aliphatic carboxylic acids is 1. The van der Waals surface area contributed by atoms with Gasteiger partial charge in [0.25, 0.3) is 0 Å². The number of nitrogens with one attached hydrogen (secondary N) is 1. The Balaban J connectivity index is 4.35. The molecular formula is C7H13NO4S. The zero-order chi connectivity index (χ0) is 10.6. The van der Waals surface area contributed by atoms with Crippen LogP contribution in [0.3, 0.4) is 0 Å². The van der Waals surface area contributed by atoms with Crippen LogP contribution in [0.4, 0.5) is 0 Å². The van der Waals surface area contributed by atoms with Crippen molar-refractivity contribution in [1.82, 2.24) is 4.72 Å². The van der Waals surface area contributed by atoms with E-state index in [-0.39, 0.29) is 5.75 Å². The normalized spacial score (nSPS) is 13.7. The Morgan fingerprint density at radius 2 is 2.08 bits per heavy atom. The van der Waals surface area contributed by atoms with Crippen molar-refractivity contribution in [2.24, 2.45) is 0 Å². The summed E-state index contributed by atoms with van der Waals surface area (Å²) in [6, 6.07) is -1.11. The van der Waals surface area contributed by atoms with Crippen molar-refractivity contribution in [3.05, 3.63) is 12.2 Å². The second-order valence-electron chi connectivity index (χ2n) is 2.89. The number of sulfonamides is 1. The van der Waals surface area contributed by atoms with Gasteiger partial charge in [-0.25, -0.2) is 13.1 Å². The van der Waals surface area contributed by atoms with E-state index in [2.05, 4.69) is 6.58 Å². The monoisotopic (exact) mass is 207 g/mol. The number of hydrogen-bond acceptors (Lipinski definition) is 3. The third-order valence-corrected chi connectivity index (χ3v) is 2.75. The van der Waals surface area contributed by atoms with Crippen molar-refractivity contribution in [3.63, 3.8) is 0 Å². The molecule has 0 aromatic carbocycles. The highest BCUT2D eigenvalue weighted by Crippen LogP contribution is 1.96. The highest BCUT2D eigenvalue weighted by molar-refractivity contribution is 7.89. The van der Waals surface area contributed by atoms with Crippen LogP contribution in [0.25, 0.3) is 0 Å². The minimum absolute atomic E-state index is 0.245. The van der Waals surface area contributed by atoms with Crippen LogP contribution in [0.15, 0.2) is 12.2 Å². The largest absolute Gasteiger partial charge is 0.480 e. The van der Waals surface area contributed by atoms with Crippen LogP contribution in [0.1, 0.15) is 13.8 Å². The summed E-state index contributed by atoms with van der Waals surface area (Å²) in [4.78, 5) is 10.3. The maximum atomic E-state index is 11.1. The van der Waals surface area contributed by atoms with Gasteiger partial charge in [0.1, 0.15) is 6.04 Å². The first-order valence-corrected chi connectivity index (χ1v) is 5.27. The summed E-state index contributed by atoms with van der Waals surface area (Å²) in [5.41, 5.74) is 0.463. The molecule has 13 heavy (non-hydrogen) atoms. The summed E-state index contributed by atoms with van der Waals surface area (Å²) in [6.07, 6.45) is 0. The molecule has 0 saturated heterocycles. The molecule has 0 saturated carbocycles. The van der Waals surface area contributed by atoms with Crippen molar-refractivity contribution >= 4 is 16.0 Å². The molecule has 0 amide bonds. The Hall–Kier alpha value is -0.880. The summed E-state index contributed by atoms with van der Waals surface area (Å²) in [7, 11) is -3.56. The molecule has 6 heteroatoms. The first-order chi connectivity index (χ1) is 5.74. The quantitative estimate of drug-likeness (QED) is 0.619. The minimum Gasteiger partial charge on any atom is -0.480 e. The van der Waals surface area contributed by atoms with E-state index in [0.717, 1.165) is 0 Å². The lowest BCUT2D eigenvalue weighted by Gasteiger charge is -2.09. The SMILES string of the molecule is C=C(C)CS(=O)(=O)N[C@@H](C)C(=O)O. The number of carbonyl (C=O) groups is 1. The zero-order valence-electron chi connectivity index (χ0n) is 7.57. The third kappa shape index (κ3) is 5.37. The van der Waals surface area contributed by atoms with Crippen LogP contribution in [-0.2, 0) is 14.8 Å². The van der Waals surface area contributed by atoms with E-state index in [4.69, 9.17) is 5.11 Å². The standard InChI is InChI=1S/C7H13NO4S/c1-5(2)4-13(11,12)8-6(3)7(9)10/h6,8H,1,4H2,2-3H3,(H,9,10)/t6-/m0/s1. The maximum Gasteiger partial charge on any atom is 0.321 e. The van der Waals surface area contributed by atoms with E-state index in [9.17, 15) is 13.2 Å². The number of carboxylic acids is 1. The third-order valence-electron chi connectivity index (χ3n) is 1.16. The van der Waals surface area contributed by atoms with Crippen molar-refractivity contribution in [3.8, 4) is 0 Å². The molecule has 0 spiro atoms. The summed E-state index contributed by atoms with van der Waals surface area (Å²) < 4.78 is 24.2. The van der Waals surface area contributed by atoms with Crippen molar-refractivity contribution in [1.29, 1.82) is 0 Å². The highest BCUT2D eigenvalue weighted by Gasteiger charge is 2.18. The Morgan fingerprint density at radius 3 is 2.38 bits per heavy atom. The summed E-state index contributed by atoms with van der Waals surface area (Å²) >= 11 is 0. The Morgan fingerprint density at radius 1 is 1.62 bits per heavy atom. The molecule has 0 aliphatic carbocycles. The van der Waals surface area contributed by atoms with Gasteiger partial charge in [-0.15, -0.1) is 0 Å². The van der Waals surface area contributed by atoms with E-state index in [1.54, 1.807) is 6.92 Å². The van der Waals surface area contributed by atoms with Crippen LogP contribution in [0.5, 0.6) is 0 Å². The second kappa shape index (κ2) is 4.38. The summed E-state index contributed by atoms with van der Waals surface area (Å²) in [5.74, 6) is -1.45. The van der Waals surface area contributed by atoms with Crippen LogP contribution >= 0.6 is 0 Å². The minimum atomic E-state index is -3.56. The lowest BCUT2D eigenvalue weighted by molar-refractivity contribution is -0.138. The highest BCUT2D eigenvalue weighted by atomic mass is 32.2. The molecule has 76 valence electrons. The van der Waals surface area contributed by atoms with Gasteiger partial charge in [-0.05, 0) is 13.8 Å². The average Bonchev–Trinajstić information content (AvgIpc) is 1.81. The molecule has 0 aromatic rings. The van der Waals surface area contributed by atoms with Gasteiger partial charge in [-0.2, -0.15) is 0 Å². The van der Waals surface area contributed by atoms with Gasteiger partial charge in [0.15, 0.2) is 0 Å². The predicted molar refractivity (Wildman–Crippen MR) is 48.8 cm³/mol. The molecular weight excluding hydrogens is 194 g/mol. The number of rotatable bonds is 5. The molecule has 0 bridgehead atoms. The maximum absolute atomic E-state index is 11.1. The molecule has 0 radical (unpaired) electrons. The summed E-state index contributed by atoms with van der Waals surface area (Å²) in [6.45, 7) is 6.25. The molecule has 0 aliphatic heterocycles. The van der Waals surface area contributed by atoms with E-state index in [1.807, 2.05) is 4.72 Å². The molecule has 2 N–H and O–H groups in total. The Kier molecular flexibility index (Phi) is 4.09. The first kappa shape index (κ1) is 12.1. The van der Waals surface area contributed by atoms with Crippen LogP contribution in [0.2, 0.25) is 0 Å². The molecule has 0 aliphatic rings. The van der Waals surface area contributed by atoms with E-state index >= 15 is 0 Å². The van der Waals surface area contributed by atoms with E-state index < -0.39 is 22.0 Å². The zero-order valence-corrected chi connectivity index (χ0v) is 8.39. The van der Waals surface area contributed by atoms with E-state index in [0.29, 0.717) is 5.57 Å². The van der Waals surface area contributed by atoms with Crippen molar-refractivity contribution in [2.45, 2.75) is 19.9 Å². The van der Waals surface area contributed by atoms with Crippen LogP contribution < -0.4 is 4.72 Å². The molecule has 0 heterocycles. The molecule has 1 atom stereocenters. The van der Waals surface area contributed by atoms with Gasteiger partial charge in [-0.3, -0.25) is 4.79 Å². The first-order valence-electron chi connectivity index (χ1n) is 3.62. The molecule has 0 rings (SSSR count). The van der Waals surface area contributed by atoms with Gasteiger partial charge in [0.2, 0.25) is 10.0 Å². The average molecular weight is 207 g/mol. The topological polar surface area (TPSA) is 83.5 Å². The number of carboxylic acid groups (broad SMARTS) is 1.